The van der Waals surface area contributed by atoms with E-state index < -0.39 is 0 Å². The van der Waals surface area contributed by atoms with Gasteiger partial charge in [0.15, 0.2) is 11.5 Å². The molecule has 7 nitrogen and oxygen atoms in total. The van der Waals surface area contributed by atoms with Crippen LogP contribution >= 0.6 is 0 Å². The molecule has 1 atom stereocenters. The van der Waals surface area contributed by atoms with Crippen molar-refractivity contribution in [2.45, 2.75) is 32.0 Å². The van der Waals surface area contributed by atoms with Gasteiger partial charge in [0.2, 0.25) is 0 Å². The quantitative estimate of drug-likeness (QED) is 0.325. The molecule has 1 unspecified atom stereocenters. The number of hydrogen-bond acceptors (Lipinski definition) is 5. The zero-order valence-corrected chi connectivity index (χ0v) is 21.6. The van der Waals surface area contributed by atoms with E-state index in [9.17, 15) is 0 Å². The number of rotatable bonds is 6. The van der Waals surface area contributed by atoms with Crippen molar-refractivity contribution >= 4 is 10.9 Å². The minimum Gasteiger partial charge on any atom is -0.497 e. The number of ether oxygens (including phenoxy) is 3. The molecule has 3 aromatic carbocycles. The van der Waals surface area contributed by atoms with Crippen molar-refractivity contribution in [1.29, 1.82) is 0 Å². The van der Waals surface area contributed by atoms with Gasteiger partial charge in [0.1, 0.15) is 12.4 Å². The molecule has 1 N–H and O–H groups in total. The van der Waals surface area contributed by atoms with Crippen molar-refractivity contribution in [2.75, 3.05) is 20.8 Å². The Labute approximate surface area is 221 Å². The van der Waals surface area contributed by atoms with Crippen molar-refractivity contribution in [2.24, 2.45) is 0 Å². The predicted octanol–water partition coefficient (Wildman–Crippen LogP) is 5.61. The van der Waals surface area contributed by atoms with Gasteiger partial charge in [0.05, 0.1) is 19.9 Å². The fourth-order valence-electron chi connectivity index (χ4n) is 5.96. The summed E-state index contributed by atoms with van der Waals surface area (Å²) in [6, 6.07) is 21.2. The maximum Gasteiger partial charge on any atom is 0.162 e. The lowest BCUT2D eigenvalue weighted by atomic mass is 9.85. The third-order valence-electron chi connectivity index (χ3n) is 7.95. The molecular formula is C31H30N4O3. The zero-order chi connectivity index (χ0) is 25.6. The van der Waals surface area contributed by atoms with Gasteiger partial charge in [-0.1, -0.05) is 12.1 Å². The SMILES string of the molecule is COc1ccc2[nH]c3c(c2c1)CC1c2cc(OCc4ccc(-n5cccn5)cc4)c(OC)cc2CCN1C3. The van der Waals surface area contributed by atoms with Crippen LogP contribution in [0.1, 0.15) is 34.0 Å². The highest BCUT2D eigenvalue weighted by atomic mass is 16.5. The van der Waals surface area contributed by atoms with Gasteiger partial charge in [0.25, 0.3) is 0 Å². The van der Waals surface area contributed by atoms with Crippen LogP contribution in [-0.2, 0) is 26.0 Å². The number of aromatic amines is 1. The Morgan fingerprint density at radius 3 is 2.68 bits per heavy atom. The molecule has 2 aliphatic heterocycles. The Bertz CT molecular complexity index is 1600. The van der Waals surface area contributed by atoms with Crippen LogP contribution in [0.4, 0.5) is 0 Å². The van der Waals surface area contributed by atoms with Gasteiger partial charge in [-0.05, 0) is 83.6 Å². The van der Waals surface area contributed by atoms with Crippen LogP contribution in [0.15, 0.2) is 73.1 Å². The minimum atomic E-state index is 0.304. The molecule has 0 saturated carbocycles. The second-order valence-electron chi connectivity index (χ2n) is 10.0. The topological polar surface area (TPSA) is 64.5 Å². The van der Waals surface area contributed by atoms with Gasteiger partial charge < -0.3 is 19.2 Å². The highest BCUT2D eigenvalue weighted by molar-refractivity contribution is 5.86. The molecular weight excluding hydrogens is 476 g/mol. The molecule has 38 heavy (non-hydrogen) atoms. The van der Waals surface area contributed by atoms with Crippen LogP contribution in [0.5, 0.6) is 17.2 Å². The van der Waals surface area contributed by atoms with Crippen molar-refractivity contribution in [3.8, 4) is 22.9 Å². The van der Waals surface area contributed by atoms with E-state index in [2.05, 4.69) is 63.5 Å². The maximum absolute atomic E-state index is 6.36. The first-order chi connectivity index (χ1) is 18.7. The molecule has 2 aromatic heterocycles. The van der Waals surface area contributed by atoms with Crippen molar-refractivity contribution in [3.63, 3.8) is 0 Å². The molecule has 7 rings (SSSR count). The smallest absolute Gasteiger partial charge is 0.162 e. The third kappa shape index (κ3) is 3.90. The molecule has 7 heteroatoms. The van der Waals surface area contributed by atoms with Crippen molar-refractivity contribution < 1.29 is 14.2 Å². The molecule has 192 valence electrons. The van der Waals surface area contributed by atoms with Gasteiger partial charge in [-0.2, -0.15) is 5.10 Å². The van der Waals surface area contributed by atoms with E-state index in [1.165, 1.54) is 33.3 Å². The van der Waals surface area contributed by atoms with Crippen molar-refractivity contribution in [3.05, 3.63) is 101 Å². The lowest BCUT2D eigenvalue weighted by molar-refractivity contribution is 0.158. The van der Waals surface area contributed by atoms with Gasteiger partial charge in [-0.3, -0.25) is 4.90 Å². The van der Waals surface area contributed by atoms with Gasteiger partial charge in [-0.15, -0.1) is 0 Å². The van der Waals surface area contributed by atoms with E-state index >= 15 is 0 Å². The van der Waals surface area contributed by atoms with Crippen LogP contribution in [0.3, 0.4) is 0 Å². The average Bonchev–Trinajstić information content (AvgIpc) is 3.62. The Kier molecular flexibility index (Phi) is 5.59. The van der Waals surface area contributed by atoms with Gasteiger partial charge in [-0.25, -0.2) is 4.68 Å². The highest BCUT2D eigenvalue weighted by Crippen LogP contribution is 2.44. The predicted molar refractivity (Wildman–Crippen MR) is 146 cm³/mol. The average molecular weight is 507 g/mol. The normalized spacial score (nSPS) is 16.5. The summed E-state index contributed by atoms with van der Waals surface area (Å²) in [5.41, 5.74) is 8.69. The van der Waals surface area contributed by atoms with Crippen molar-refractivity contribution in [1.82, 2.24) is 19.7 Å². The summed E-state index contributed by atoms with van der Waals surface area (Å²) in [6.07, 6.45) is 5.67. The van der Waals surface area contributed by atoms with Crippen LogP contribution in [-0.4, -0.2) is 40.4 Å². The molecule has 0 radical (unpaired) electrons. The highest BCUT2D eigenvalue weighted by Gasteiger charge is 2.34. The first-order valence-electron chi connectivity index (χ1n) is 13.0. The third-order valence-corrected chi connectivity index (χ3v) is 7.95. The monoisotopic (exact) mass is 506 g/mol. The summed E-state index contributed by atoms with van der Waals surface area (Å²) in [5.74, 6) is 2.47. The molecule has 2 aliphatic rings. The lowest BCUT2D eigenvalue weighted by Gasteiger charge is -2.40. The van der Waals surface area contributed by atoms with Crippen LogP contribution in [0, 0.1) is 0 Å². The largest absolute Gasteiger partial charge is 0.497 e. The van der Waals surface area contributed by atoms with E-state index in [0.717, 1.165) is 54.4 Å². The standard InChI is InChI=1S/C31H30N4O3/c1-36-23-8-9-27-25(15-23)26-16-29-24-17-31(30(37-2)14-21(24)10-13-34(29)18-28(26)33-27)38-19-20-4-6-22(7-5-20)35-12-3-11-32-35/h3-9,11-12,14-15,17,29,33H,10,13,16,18-19H2,1-2H3. The number of methoxy groups -OCH3 is 2. The first-order valence-corrected chi connectivity index (χ1v) is 13.0. The Balaban J connectivity index is 1.17. The molecule has 0 aliphatic carbocycles. The van der Waals surface area contributed by atoms with E-state index in [1.54, 1.807) is 20.4 Å². The van der Waals surface area contributed by atoms with E-state index in [-0.39, 0.29) is 0 Å². The van der Waals surface area contributed by atoms with Gasteiger partial charge >= 0.3 is 0 Å². The zero-order valence-electron chi connectivity index (χ0n) is 21.6. The molecule has 0 fully saturated rings. The first kappa shape index (κ1) is 22.9. The number of fused-ring (bicyclic) bond motifs is 6. The molecule has 0 spiro atoms. The summed E-state index contributed by atoms with van der Waals surface area (Å²) >= 11 is 0. The number of H-pyrrole nitrogens is 1. The van der Waals surface area contributed by atoms with Crippen LogP contribution < -0.4 is 14.2 Å². The molecule has 0 saturated heterocycles. The molecule has 5 aromatic rings. The number of nitrogens with one attached hydrogen (secondary N) is 1. The lowest BCUT2D eigenvalue weighted by Crippen LogP contribution is -2.39. The maximum atomic E-state index is 6.36. The summed E-state index contributed by atoms with van der Waals surface area (Å²) < 4.78 is 19.5. The number of benzene rings is 3. The second-order valence-corrected chi connectivity index (χ2v) is 10.0. The van der Waals surface area contributed by atoms with Gasteiger partial charge in [0, 0.05) is 48.1 Å². The number of nitrogens with zero attached hydrogens (tertiary/aromatic N) is 3. The summed E-state index contributed by atoms with van der Waals surface area (Å²) in [6.45, 7) is 2.41. The fraction of sp³-hybridized carbons (Fsp3) is 0.258. The minimum absolute atomic E-state index is 0.304. The van der Waals surface area contributed by atoms with E-state index in [4.69, 9.17) is 14.2 Å². The molecule has 0 bridgehead atoms. The Hall–Kier alpha value is -4.23. The Morgan fingerprint density at radius 1 is 1.00 bits per heavy atom. The molecule has 4 heterocycles. The van der Waals surface area contributed by atoms with Crippen LogP contribution in [0.25, 0.3) is 16.6 Å². The number of hydrogen-bond donors (Lipinski definition) is 1. The van der Waals surface area contributed by atoms with Crippen LogP contribution in [0.2, 0.25) is 0 Å². The fourth-order valence-corrected chi connectivity index (χ4v) is 5.96. The summed E-state index contributed by atoms with van der Waals surface area (Å²) in [5, 5.41) is 5.56. The molecule has 0 amide bonds. The van der Waals surface area contributed by atoms with E-state index in [1.807, 2.05) is 23.0 Å². The Morgan fingerprint density at radius 2 is 1.89 bits per heavy atom. The summed E-state index contributed by atoms with van der Waals surface area (Å²) in [4.78, 5) is 6.24. The second kappa shape index (κ2) is 9.26. The van der Waals surface area contributed by atoms with E-state index in [0.29, 0.717) is 12.6 Å². The number of aromatic nitrogens is 3. The summed E-state index contributed by atoms with van der Waals surface area (Å²) in [7, 11) is 3.44.